The first-order valence-corrected chi connectivity index (χ1v) is 5.66. The number of benzene rings is 1. The van der Waals surface area contributed by atoms with Crippen LogP contribution in [0.5, 0.6) is 0 Å². The van der Waals surface area contributed by atoms with Gasteiger partial charge in [-0.1, -0.05) is 5.16 Å². The summed E-state index contributed by atoms with van der Waals surface area (Å²) in [6.45, 7) is 4.12. The Balaban J connectivity index is 2.23. The van der Waals surface area contributed by atoms with Crippen LogP contribution in [0.15, 0.2) is 22.7 Å². The quantitative estimate of drug-likeness (QED) is 0.850. The number of nitrogens with two attached hydrogens (primary N) is 1. The highest BCUT2D eigenvalue weighted by Crippen LogP contribution is 2.26. The van der Waals surface area contributed by atoms with Crippen molar-refractivity contribution in [2.24, 2.45) is 0 Å². The molecule has 1 heterocycles. The Morgan fingerprint density at radius 3 is 2.67 bits per heavy atom. The summed E-state index contributed by atoms with van der Waals surface area (Å²) >= 11 is 0. The predicted molar refractivity (Wildman–Crippen MR) is 68.9 cm³/mol. The van der Waals surface area contributed by atoms with Gasteiger partial charge in [0.2, 0.25) is 0 Å². The molecule has 0 spiro atoms. The number of nitrogen functional groups attached to an aromatic ring is 1. The maximum atomic E-state index is 13.3. The first-order valence-electron chi connectivity index (χ1n) is 5.66. The van der Waals surface area contributed by atoms with Crippen LogP contribution in [0, 0.1) is 19.7 Å². The molecule has 1 aromatic carbocycles. The number of halogens is 1. The van der Waals surface area contributed by atoms with Crippen LogP contribution < -0.4 is 10.6 Å². The lowest BCUT2D eigenvalue weighted by Crippen LogP contribution is -2.18. The molecule has 2 aromatic rings. The van der Waals surface area contributed by atoms with Crippen molar-refractivity contribution in [2.75, 3.05) is 17.7 Å². The van der Waals surface area contributed by atoms with Crippen molar-refractivity contribution in [3.8, 4) is 0 Å². The highest BCUT2D eigenvalue weighted by atomic mass is 19.1. The second kappa shape index (κ2) is 4.68. The molecule has 0 saturated heterocycles. The van der Waals surface area contributed by atoms with Gasteiger partial charge in [0, 0.05) is 13.1 Å². The Bertz CT molecular complexity index is 565. The third kappa shape index (κ3) is 2.45. The monoisotopic (exact) mass is 249 g/mol. The summed E-state index contributed by atoms with van der Waals surface area (Å²) in [6.07, 6.45) is 0. The first-order chi connectivity index (χ1) is 8.47. The van der Waals surface area contributed by atoms with Crippen LogP contribution in [0.2, 0.25) is 0 Å². The molecule has 0 amide bonds. The van der Waals surface area contributed by atoms with Gasteiger partial charge in [0.25, 0.3) is 0 Å². The zero-order chi connectivity index (χ0) is 13.3. The number of rotatable bonds is 3. The Kier molecular flexibility index (Phi) is 3.23. The van der Waals surface area contributed by atoms with Crippen molar-refractivity contribution in [1.29, 1.82) is 0 Å². The predicted octanol–water partition coefficient (Wildman–Crippen LogP) is 2.65. The molecule has 0 radical (unpaired) electrons. The molecule has 2 rings (SSSR count). The minimum atomic E-state index is -0.290. The number of aromatic nitrogens is 1. The van der Waals surface area contributed by atoms with Crippen molar-refractivity contribution in [1.82, 2.24) is 5.16 Å². The fourth-order valence-corrected chi connectivity index (χ4v) is 1.83. The summed E-state index contributed by atoms with van der Waals surface area (Å²) in [4.78, 5) is 1.92. The van der Waals surface area contributed by atoms with Gasteiger partial charge < -0.3 is 15.2 Å². The Labute approximate surface area is 105 Å². The average Bonchev–Trinajstić information content (AvgIpc) is 2.69. The molecular weight excluding hydrogens is 233 g/mol. The van der Waals surface area contributed by atoms with E-state index in [9.17, 15) is 4.39 Å². The van der Waals surface area contributed by atoms with Gasteiger partial charge in [-0.3, -0.25) is 0 Å². The Morgan fingerprint density at radius 1 is 1.33 bits per heavy atom. The van der Waals surface area contributed by atoms with E-state index in [2.05, 4.69) is 5.16 Å². The van der Waals surface area contributed by atoms with Crippen LogP contribution in [0.25, 0.3) is 0 Å². The zero-order valence-corrected chi connectivity index (χ0v) is 10.7. The third-order valence-corrected chi connectivity index (χ3v) is 2.80. The van der Waals surface area contributed by atoms with Crippen LogP contribution in [-0.2, 0) is 6.54 Å². The van der Waals surface area contributed by atoms with E-state index in [0.717, 1.165) is 17.1 Å². The van der Waals surface area contributed by atoms with E-state index in [1.54, 1.807) is 13.0 Å². The number of aryl methyl sites for hydroxylation is 2. The standard InChI is InChI=1S/C13H16FN3O/c1-8-4-13(12(15)6-11(8)14)17(3)7-10-5-9(2)18-16-10/h4-6H,7,15H2,1-3H3. The zero-order valence-electron chi connectivity index (χ0n) is 10.7. The molecule has 4 nitrogen and oxygen atoms in total. The molecule has 1 aromatic heterocycles. The molecule has 0 aliphatic carbocycles. The number of nitrogens with zero attached hydrogens (tertiary/aromatic N) is 2. The lowest BCUT2D eigenvalue weighted by atomic mass is 10.1. The fourth-order valence-electron chi connectivity index (χ4n) is 1.83. The minimum Gasteiger partial charge on any atom is -0.397 e. The topological polar surface area (TPSA) is 55.3 Å². The van der Waals surface area contributed by atoms with Gasteiger partial charge in [0.1, 0.15) is 17.3 Å². The number of hydrogen-bond acceptors (Lipinski definition) is 4. The molecule has 18 heavy (non-hydrogen) atoms. The molecule has 96 valence electrons. The lowest BCUT2D eigenvalue weighted by molar-refractivity contribution is 0.390. The van der Waals surface area contributed by atoms with Crippen molar-refractivity contribution in [3.05, 3.63) is 41.0 Å². The highest BCUT2D eigenvalue weighted by Gasteiger charge is 2.11. The highest BCUT2D eigenvalue weighted by molar-refractivity contribution is 5.68. The van der Waals surface area contributed by atoms with Gasteiger partial charge in [-0.15, -0.1) is 0 Å². The second-order valence-corrected chi connectivity index (χ2v) is 4.45. The van der Waals surface area contributed by atoms with E-state index >= 15 is 0 Å². The normalized spacial score (nSPS) is 10.7. The SMILES string of the molecule is Cc1cc(CN(C)c2cc(C)c(F)cc2N)no1. The number of hydrogen-bond donors (Lipinski definition) is 1. The van der Waals surface area contributed by atoms with E-state index in [-0.39, 0.29) is 5.82 Å². The lowest BCUT2D eigenvalue weighted by Gasteiger charge is -2.20. The summed E-state index contributed by atoms with van der Waals surface area (Å²) in [5.41, 5.74) is 8.42. The van der Waals surface area contributed by atoms with Gasteiger partial charge in [-0.05, 0) is 31.5 Å². The Morgan fingerprint density at radius 2 is 2.06 bits per heavy atom. The minimum absolute atomic E-state index is 0.290. The van der Waals surface area contributed by atoms with Crippen molar-refractivity contribution < 1.29 is 8.91 Å². The maximum absolute atomic E-state index is 13.3. The molecule has 2 N–H and O–H groups in total. The average molecular weight is 249 g/mol. The summed E-state index contributed by atoms with van der Waals surface area (Å²) in [6, 6.07) is 4.94. The Hall–Kier alpha value is -2.04. The molecule has 0 aliphatic rings. The summed E-state index contributed by atoms with van der Waals surface area (Å²) in [5.74, 6) is 0.476. The maximum Gasteiger partial charge on any atom is 0.133 e. The first kappa shape index (κ1) is 12.4. The smallest absolute Gasteiger partial charge is 0.133 e. The van der Waals surface area contributed by atoms with E-state index in [0.29, 0.717) is 17.8 Å². The molecule has 0 unspecified atom stereocenters. The van der Waals surface area contributed by atoms with E-state index in [1.165, 1.54) is 6.07 Å². The van der Waals surface area contributed by atoms with Crippen LogP contribution in [-0.4, -0.2) is 12.2 Å². The largest absolute Gasteiger partial charge is 0.397 e. The molecule has 0 aliphatic heterocycles. The van der Waals surface area contributed by atoms with E-state index < -0.39 is 0 Å². The number of anilines is 2. The van der Waals surface area contributed by atoms with Crippen LogP contribution in [0.4, 0.5) is 15.8 Å². The van der Waals surface area contributed by atoms with Crippen molar-refractivity contribution in [3.63, 3.8) is 0 Å². The molecule has 0 bridgehead atoms. The molecule has 0 fully saturated rings. The summed E-state index contributed by atoms with van der Waals surface area (Å²) in [5, 5.41) is 3.92. The van der Waals surface area contributed by atoms with Gasteiger partial charge in [-0.25, -0.2) is 4.39 Å². The van der Waals surface area contributed by atoms with Gasteiger partial charge in [0.05, 0.1) is 17.9 Å². The van der Waals surface area contributed by atoms with E-state index in [1.807, 2.05) is 24.9 Å². The molecular formula is C13H16FN3O. The van der Waals surface area contributed by atoms with Crippen LogP contribution >= 0.6 is 0 Å². The van der Waals surface area contributed by atoms with E-state index in [4.69, 9.17) is 10.3 Å². The van der Waals surface area contributed by atoms with Gasteiger partial charge in [-0.2, -0.15) is 0 Å². The van der Waals surface area contributed by atoms with Crippen LogP contribution in [0.1, 0.15) is 17.0 Å². The molecule has 5 heteroatoms. The van der Waals surface area contributed by atoms with Gasteiger partial charge >= 0.3 is 0 Å². The second-order valence-electron chi connectivity index (χ2n) is 4.45. The van der Waals surface area contributed by atoms with Gasteiger partial charge in [0.15, 0.2) is 0 Å². The third-order valence-electron chi connectivity index (χ3n) is 2.80. The van der Waals surface area contributed by atoms with Crippen molar-refractivity contribution >= 4 is 11.4 Å². The van der Waals surface area contributed by atoms with Crippen LogP contribution in [0.3, 0.4) is 0 Å². The summed E-state index contributed by atoms with van der Waals surface area (Å²) < 4.78 is 18.3. The van der Waals surface area contributed by atoms with Crippen molar-refractivity contribution in [2.45, 2.75) is 20.4 Å². The molecule has 0 saturated carbocycles. The summed E-state index contributed by atoms with van der Waals surface area (Å²) in [7, 11) is 1.88. The molecule has 0 atom stereocenters. The fraction of sp³-hybridized carbons (Fsp3) is 0.308.